The summed E-state index contributed by atoms with van der Waals surface area (Å²) in [6.07, 6.45) is 9.54. The standard InChI is InChI=1S/C34H34FN9O2/c1-20(2)11-30(45)39-24-13-22(17-36-18-24)28-16-26-29(19-38-28)42-43-32(26)34-40-27-5-6-37-31(33(27)41-34)21-12-23(35)15-25(14-21)46-10-9-44-7-3-4-8-44/h5-6,12-20H,3-4,7-11H2,1-2H3,(H,39,45)(H,40,41)(H,42,43). The van der Waals surface area contributed by atoms with Crippen LogP contribution in [0.5, 0.6) is 5.75 Å². The highest BCUT2D eigenvalue weighted by Gasteiger charge is 2.18. The predicted molar refractivity (Wildman–Crippen MR) is 175 cm³/mol. The summed E-state index contributed by atoms with van der Waals surface area (Å²) in [5, 5.41) is 11.3. The molecule has 7 rings (SSSR count). The number of fused-ring (bicyclic) bond motifs is 2. The van der Waals surface area contributed by atoms with Gasteiger partial charge in [0.25, 0.3) is 0 Å². The van der Waals surface area contributed by atoms with E-state index in [-0.39, 0.29) is 11.8 Å². The minimum absolute atomic E-state index is 0.0623. The minimum Gasteiger partial charge on any atom is -0.492 e. The van der Waals surface area contributed by atoms with Crippen LogP contribution in [0, 0.1) is 11.7 Å². The second kappa shape index (κ2) is 12.6. The van der Waals surface area contributed by atoms with E-state index in [4.69, 9.17) is 9.72 Å². The van der Waals surface area contributed by atoms with Gasteiger partial charge >= 0.3 is 0 Å². The van der Waals surface area contributed by atoms with Crippen molar-refractivity contribution in [1.82, 2.24) is 40.0 Å². The molecule has 1 aromatic carbocycles. The van der Waals surface area contributed by atoms with Gasteiger partial charge in [-0.2, -0.15) is 5.10 Å². The van der Waals surface area contributed by atoms with Crippen molar-refractivity contribution in [2.24, 2.45) is 5.92 Å². The molecule has 1 fully saturated rings. The normalized spacial score (nSPS) is 13.7. The molecule has 6 heterocycles. The average molecular weight is 620 g/mol. The van der Waals surface area contributed by atoms with Crippen LogP contribution in [-0.2, 0) is 4.79 Å². The highest BCUT2D eigenvalue weighted by molar-refractivity contribution is 5.97. The van der Waals surface area contributed by atoms with Gasteiger partial charge in [-0.3, -0.25) is 29.7 Å². The van der Waals surface area contributed by atoms with Crippen molar-refractivity contribution in [2.75, 3.05) is 31.6 Å². The Balaban J connectivity index is 1.18. The van der Waals surface area contributed by atoms with E-state index in [9.17, 15) is 9.18 Å². The number of amides is 1. The molecule has 0 saturated carbocycles. The summed E-state index contributed by atoms with van der Waals surface area (Å²) in [6, 6.07) is 10.2. The molecule has 0 unspecified atom stereocenters. The van der Waals surface area contributed by atoms with Crippen molar-refractivity contribution in [3.8, 4) is 39.8 Å². The molecule has 1 saturated heterocycles. The van der Waals surface area contributed by atoms with Crippen LogP contribution in [0.4, 0.5) is 10.1 Å². The highest BCUT2D eigenvalue weighted by atomic mass is 19.1. The molecule has 0 radical (unpaired) electrons. The van der Waals surface area contributed by atoms with Gasteiger partial charge in [0, 0.05) is 47.9 Å². The molecule has 0 aliphatic carbocycles. The Morgan fingerprint density at radius 3 is 2.74 bits per heavy atom. The Labute approximate surface area is 264 Å². The van der Waals surface area contributed by atoms with Crippen molar-refractivity contribution < 1.29 is 13.9 Å². The van der Waals surface area contributed by atoms with Gasteiger partial charge in [0.05, 0.1) is 40.5 Å². The fourth-order valence-corrected chi connectivity index (χ4v) is 5.83. The topological polar surface area (TPSA) is 138 Å². The predicted octanol–water partition coefficient (Wildman–Crippen LogP) is 6.22. The van der Waals surface area contributed by atoms with E-state index in [0.717, 1.165) is 41.6 Å². The SMILES string of the molecule is CC(C)CC(=O)Nc1cncc(-c2cc3c(-c4nc5c(-c6cc(F)cc(OCCN7CCCC7)c6)nccc5[nH]4)n[nH]c3cn2)c1. The quantitative estimate of drug-likeness (QED) is 0.164. The number of nitrogens with one attached hydrogen (secondary N) is 3. The number of anilines is 1. The second-order valence-electron chi connectivity index (χ2n) is 12.0. The number of carbonyl (C=O) groups excluding carboxylic acids is 1. The van der Waals surface area contributed by atoms with Crippen LogP contribution in [0.1, 0.15) is 33.1 Å². The van der Waals surface area contributed by atoms with E-state index in [2.05, 4.69) is 40.3 Å². The van der Waals surface area contributed by atoms with E-state index >= 15 is 0 Å². The second-order valence-corrected chi connectivity index (χ2v) is 12.0. The number of ether oxygens (including phenoxy) is 1. The van der Waals surface area contributed by atoms with Gasteiger partial charge in [0.2, 0.25) is 5.91 Å². The lowest BCUT2D eigenvalue weighted by Crippen LogP contribution is -2.25. The lowest BCUT2D eigenvalue weighted by atomic mass is 10.1. The lowest BCUT2D eigenvalue weighted by Gasteiger charge is -2.15. The van der Waals surface area contributed by atoms with Crippen LogP contribution < -0.4 is 10.1 Å². The van der Waals surface area contributed by atoms with Crippen LogP contribution in [0.15, 0.2) is 61.2 Å². The number of carbonyl (C=O) groups is 1. The van der Waals surface area contributed by atoms with Crippen molar-refractivity contribution in [3.05, 3.63) is 67.0 Å². The Morgan fingerprint density at radius 2 is 1.89 bits per heavy atom. The number of imidazole rings is 1. The average Bonchev–Trinajstić information content (AvgIpc) is 3.80. The van der Waals surface area contributed by atoms with Gasteiger partial charge in [-0.05, 0) is 62.2 Å². The first-order valence-electron chi connectivity index (χ1n) is 15.5. The van der Waals surface area contributed by atoms with Gasteiger partial charge in [0.1, 0.15) is 29.4 Å². The Morgan fingerprint density at radius 1 is 1.02 bits per heavy atom. The van der Waals surface area contributed by atoms with Crippen molar-refractivity contribution in [3.63, 3.8) is 0 Å². The molecule has 5 aromatic heterocycles. The van der Waals surface area contributed by atoms with Gasteiger partial charge in [-0.1, -0.05) is 13.8 Å². The highest BCUT2D eigenvalue weighted by Crippen LogP contribution is 2.33. The van der Waals surface area contributed by atoms with E-state index in [1.807, 2.05) is 32.0 Å². The maximum atomic E-state index is 14.8. The van der Waals surface area contributed by atoms with Crippen LogP contribution in [0.25, 0.3) is 56.0 Å². The van der Waals surface area contributed by atoms with Gasteiger partial charge in [-0.25, -0.2) is 9.37 Å². The maximum absolute atomic E-state index is 14.8. The summed E-state index contributed by atoms with van der Waals surface area (Å²) in [6.45, 7) is 7.46. The number of aromatic amines is 2. The zero-order valence-electron chi connectivity index (χ0n) is 25.7. The van der Waals surface area contributed by atoms with Crippen molar-refractivity contribution in [1.29, 1.82) is 0 Å². The molecule has 11 nitrogen and oxygen atoms in total. The zero-order valence-corrected chi connectivity index (χ0v) is 25.7. The lowest BCUT2D eigenvalue weighted by molar-refractivity contribution is -0.116. The fourth-order valence-electron chi connectivity index (χ4n) is 5.83. The van der Waals surface area contributed by atoms with Crippen LogP contribution in [0.3, 0.4) is 0 Å². The number of hydrogen-bond donors (Lipinski definition) is 3. The molecule has 6 aromatic rings. The van der Waals surface area contributed by atoms with E-state index < -0.39 is 5.82 Å². The van der Waals surface area contributed by atoms with E-state index in [0.29, 0.717) is 58.5 Å². The molecule has 0 bridgehead atoms. The Hall–Kier alpha value is -5.23. The summed E-state index contributed by atoms with van der Waals surface area (Å²) in [7, 11) is 0. The summed E-state index contributed by atoms with van der Waals surface area (Å²) in [5.74, 6) is 0.770. The number of benzene rings is 1. The smallest absolute Gasteiger partial charge is 0.224 e. The number of halogens is 1. The number of pyridine rings is 3. The third-order valence-electron chi connectivity index (χ3n) is 8.00. The molecule has 1 amide bonds. The number of hydrogen-bond acceptors (Lipinski definition) is 8. The molecule has 0 spiro atoms. The first-order valence-corrected chi connectivity index (χ1v) is 15.5. The molecule has 46 heavy (non-hydrogen) atoms. The first-order chi connectivity index (χ1) is 22.4. The fraction of sp³-hybridized carbons (Fsp3) is 0.294. The van der Waals surface area contributed by atoms with E-state index in [1.165, 1.54) is 25.0 Å². The molecule has 12 heteroatoms. The number of H-pyrrole nitrogens is 2. The molecule has 1 aliphatic heterocycles. The Kier molecular flexibility index (Phi) is 8.10. The molecule has 3 N–H and O–H groups in total. The molecular weight excluding hydrogens is 585 g/mol. The monoisotopic (exact) mass is 619 g/mol. The minimum atomic E-state index is -0.403. The Bertz CT molecular complexity index is 2030. The van der Waals surface area contributed by atoms with Gasteiger partial charge < -0.3 is 15.0 Å². The molecule has 234 valence electrons. The third kappa shape index (κ3) is 6.29. The van der Waals surface area contributed by atoms with Crippen LogP contribution in [-0.4, -0.2) is 72.2 Å². The number of aromatic nitrogens is 7. The molecule has 0 atom stereocenters. The number of likely N-dealkylation sites (tertiary alicyclic amines) is 1. The van der Waals surface area contributed by atoms with Gasteiger partial charge in [0.15, 0.2) is 5.82 Å². The molecule has 1 aliphatic rings. The first kappa shape index (κ1) is 29.5. The van der Waals surface area contributed by atoms with Crippen LogP contribution >= 0.6 is 0 Å². The van der Waals surface area contributed by atoms with Crippen LogP contribution in [0.2, 0.25) is 0 Å². The summed E-state index contributed by atoms with van der Waals surface area (Å²) >= 11 is 0. The maximum Gasteiger partial charge on any atom is 0.224 e. The summed E-state index contributed by atoms with van der Waals surface area (Å²) in [5.41, 5.74) is 5.78. The number of rotatable bonds is 10. The van der Waals surface area contributed by atoms with Gasteiger partial charge in [-0.15, -0.1) is 0 Å². The largest absolute Gasteiger partial charge is 0.492 e. The summed E-state index contributed by atoms with van der Waals surface area (Å²) < 4.78 is 20.7. The zero-order chi connectivity index (χ0) is 31.6. The van der Waals surface area contributed by atoms with Crippen molar-refractivity contribution >= 4 is 33.5 Å². The molecular formula is C34H34FN9O2. The summed E-state index contributed by atoms with van der Waals surface area (Å²) in [4.78, 5) is 36.4. The van der Waals surface area contributed by atoms with Crippen molar-refractivity contribution in [2.45, 2.75) is 33.1 Å². The van der Waals surface area contributed by atoms with E-state index in [1.54, 1.807) is 30.9 Å². The number of nitrogens with zero attached hydrogens (tertiary/aromatic N) is 6. The third-order valence-corrected chi connectivity index (χ3v) is 8.00.